The molecule has 2 aromatic rings. The van der Waals surface area contributed by atoms with E-state index in [1.165, 1.54) is 5.56 Å². The zero-order valence-electron chi connectivity index (χ0n) is 16.9. The Balaban J connectivity index is 1.54. The van der Waals surface area contributed by atoms with Crippen LogP contribution in [0.25, 0.3) is 0 Å². The van der Waals surface area contributed by atoms with Gasteiger partial charge in [0.15, 0.2) is 0 Å². The minimum Gasteiger partial charge on any atom is -0.497 e. The summed E-state index contributed by atoms with van der Waals surface area (Å²) in [5.41, 5.74) is 3.46. The maximum absolute atomic E-state index is 13.2. The Morgan fingerprint density at radius 2 is 1.96 bits per heavy atom. The van der Waals surface area contributed by atoms with Crippen LogP contribution in [0.4, 0.5) is 5.69 Å². The number of carbonyl (C=O) groups excluding carboxylic acids is 1. The molecule has 4 rings (SSSR count). The van der Waals surface area contributed by atoms with Crippen molar-refractivity contribution in [1.82, 2.24) is 4.90 Å². The van der Waals surface area contributed by atoms with Crippen LogP contribution in [0.1, 0.15) is 36.9 Å². The smallest absolute Gasteiger partial charge is 0.241 e. The Kier molecular flexibility index (Phi) is 5.27. The summed E-state index contributed by atoms with van der Waals surface area (Å²) < 4.78 is 10.9. The first-order valence-corrected chi connectivity index (χ1v) is 9.98. The Morgan fingerprint density at radius 1 is 1.14 bits per heavy atom. The number of methoxy groups -OCH3 is 2. The predicted molar refractivity (Wildman–Crippen MR) is 110 cm³/mol. The van der Waals surface area contributed by atoms with Crippen molar-refractivity contribution in [2.45, 2.75) is 38.3 Å². The van der Waals surface area contributed by atoms with Crippen LogP contribution in [-0.2, 0) is 11.2 Å². The molecule has 2 aromatic carbocycles. The van der Waals surface area contributed by atoms with Gasteiger partial charge in [-0.2, -0.15) is 0 Å². The van der Waals surface area contributed by atoms with Gasteiger partial charge in [-0.3, -0.25) is 9.69 Å². The van der Waals surface area contributed by atoms with Crippen molar-refractivity contribution < 1.29 is 14.3 Å². The van der Waals surface area contributed by atoms with Crippen LogP contribution < -0.4 is 14.4 Å². The molecule has 0 unspecified atom stereocenters. The third-order valence-corrected chi connectivity index (χ3v) is 5.98. The van der Waals surface area contributed by atoms with Crippen molar-refractivity contribution in [1.29, 1.82) is 0 Å². The van der Waals surface area contributed by atoms with E-state index in [0.717, 1.165) is 48.6 Å². The third kappa shape index (κ3) is 3.35. The fourth-order valence-electron chi connectivity index (χ4n) is 4.66. The normalized spacial score (nSPS) is 21.6. The van der Waals surface area contributed by atoms with Crippen molar-refractivity contribution in [2.24, 2.45) is 0 Å². The predicted octanol–water partition coefficient (Wildman–Crippen LogP) is 3.82. The SMILES string of the molecule is COc1ccc([C@H]2CCCN2CC(=O)N2c3ccccc3C[C@@H]2C)c(OC)c1. The lowest BCUT2D eigenvalue weighted by Crippen LogP contribution is -2.43. The zero-order valence-corrected chi connectivity index (χ0v) is 16.9. The first-order chi connectivity index (χ1) is 13.6. The van der Waals surface area contributed by atoms with Crippen LogP contribution in [-0.4, -0.2) is 44.2 Å². The highest BCUT2D eigenvalue weighted by Gasteiger charge is 2.35. The number of amides is 1. The van der Waals surface area contributed by atoms with Crippen LogP contribution in [0.3, 0.4) is 0 Å². The van der Waals surface area contributed by atoms with Crippen LogP contribution in [0, 0.1) is 0 Å². The molecule has 28 heavy (non-hydrogen) atoms. The molecule has 0 radical (unpaired) electrons. The molecule has 0 saturated carbocycles. The van der Waals surface area contributed by atoms with E-state index in [1.54, 1.807) is 14.2 Å². The van der Waals surface area contributed by atoms with E-state index in [1.807, 2.05) is 29.2 Å². The van der Waals surface area contributed by atoms with Crippen LogP contribution in [0.2, 0.25) is 0 Å². The second kappa shape index (κ2) is 7.84. The highest BCUT2D eigenvalue weighted by molar-refractivity contribution is 5.97. The topological polar surface area (TPSA) is 42.0 Å². The number of anilines is 1. The molecule has 148 valence electrons. The van der Waals surface area contributed by atoms with E-state index in [9.17, 15) is 4.79 Å². The third-order valence-electron chi connectivity index (χ3n) is 5.98. The van der Waals surface area contributed by atoms with Gasteiger partial charge in [-0.15, -0.1) is 0 Å². The lowest BCUT2D eigenvalue weighted by atomic mass is 10.0. The summed E-state index contributed by atoms with van der Waals surface area (Å²) in [6, 6.07) is 14.6. The van der Waals surface area contributed by atoms with Crippen LogP contribution >= 0.6 is 0 Å². The largest absolute Gasteiger partial charge is 0.497 e. The summed E-state index contributed by atoms with van der Waals surface area (Å²) in [5.74, 6) is 1.78. The summed E-state index contributed by atoms with van der Waals surface area (Å²) in [5, 5.41) is 0. The first kappa shape index (κ1) is 18.8. The lowest BCUT2D eigenvalue weighted by molar-refractivity contribution is -0.120. The molecule has 5 nitrogen and oxygen atoms in total. The molecule has 0 aliphatic carbocycles. The highest BCUT2D eigenvalue weighted by atomic mass is 16.5. The van der Waals surface area contributed by atoms with Crippen molar-refractivity contribution >= 4 is 11.6 Å². The summed E-state index contributed by atoms with van der Waals surface area (Å²) in [4.78, 5) is 17.5. The summed E-state index contributed by atoms with van der Waals surface area (Å²) in [7, 11) is 3.34. The maximum Gasteiger partial charge on any atom is 0.241 e. The Hall–Kier alpha value is -2.53. The van der Waals surface area contributed by atoms with Crippen molar-refractivity contribution in [3.8, 4) is 11.5 Å². The van der Waals surface area contributed by atoms with Crippen LogP contribution in [0.15, 0.2) is 42.5 Å². The van der Waals surface area contributed by atoms with Crippen molar-refractivity contribution in [3.63, 3.8) is 0 Å². The molecular weight excluding hydrogens is 352 g/mol. The van der Waals surface area contributed by atoms with Gasteiger partial charge in [-0.25, -0.2) is 0 Å². The Morgan fingerprint density at radius 3 is 2.75 bits per heavy atom. The van der Waals surface area contributed by atoms with E-state index in [0.29, 0.717) is 6.54 Å². The van der Waals surface area contributed by atoms with Gasteiger partial charge < -0.3 is 14.4 Å². The number of benzene rings is 2. The average Bonchev–Trinajstić information content (AvgIpc) is 3.30. The molecule has 2 aliphatic heterocycles. The molecule has 2 atom stereocenters. The number of rotatable bonds is 5. The fraction of sp³-hybridized carbons (Fsp3) is 0.435. The van der Waals surface area contributed by atoms with Gasteiger partial charge in [-0.1, -0.05) is 24.3 Å². The number of hydrogen-bond donors (Lipinski definition) is 0. The molecule has 5 heteroatoms. The van der Waals surface area contributed by atoms with E-state index in [-0.39, 0.29) is 18.0 Å². The molecule has 2 heterocycles. The molecule has 0 aromatic heterocycles. The lowest BCUT2D eigenvalue weighted by Gasteiger charge is -2.29. The van der Waals surface area contributed by atoms with Gasteiger partial charge in [0, 0.05) is 29.4 Å². The standard InChI is InChI=1S/C23H28N2O3/c1-16-13-17-7-4-5-8-20(17)25(16)23(26)15-24-12-6-9-21(24)19-11-10-18(27-2)14-22(19)28-3/h4-5,7-8,10-11,14,16,21H,6,9,12-13,15H2,1-3H3/t16-,21+/m0/s1. The number of fused-ring (bicyclic) bond motifs is 1. The van der Waals surface area contributed by atoms with Gasteiger partial charge >= 0.3 is 0 Å². The highest BCUT2D eigenvalue weighted by Crippen LogP contribution is 2.39. The minimum absolute atomic E-state index is 0.178. The number of para-hydroxylation sites is 1. The van der Waals surface area contributed by atoms with Gasteiger partial charge in [0.25, 0.3) is 0 Å². The second-order valence-electron chi connectivity index (χ2n) is 7.68. The number of carbonyl (C=O) groups is 1. The fourth-order valence-corrected chi connectivity index (χ4v) is 4.66. The summed E-state index contributed by atoms with van der Waals surface area (Å²) in [6.07, 6.45) is 3.04. The zero-order chi connectivity index (χ0) is 19.7. The molecule has 0 N–H and O–H groups in total. The molecule has 0 spiro atoms. The van der Waals surface area contributed by atoms with Gasteiger partial charge in [0.2, 0.25) is 5.91 Å². The summed E-state index contributed by atoms with van der Waals surface area (Å²) in [6.45, 7) is 3.49. The van der Waals surface area contributed by atoms with E-state index < -0.39 is 0 Å². The van der Waals surface area contributed by atoms with Gasteiger partial charge in [0.05, 0.1) is 20.8 Å². The average molecular weight is 380 g/mol. The number of hydrogen-bond acceptors (Lipinski definition) is 4. The van der Waals surface area contributed by atoms with E-state index in [4.69, 9.17) is 9.47 Å². The molecule has 2 aliphatic rings. The van der Waals surface area contributed by atoms with E-state index in [2.05, 4.69) is 30.0 Å². The Bertz CT molecular complexity index is 867. The Labute approximate surface area is 166 Å². The number of nitrogens with zero attached hydrogens (tertiary/aromatic N) is 2. The van der Waals surface area contributed by atoms with Crippen molar-refractivity contribution in [3.05, 3.63) is 53.6 Å². The number of ether oxygens (including phenoxy) is 2. The quantitative estimate of drug-likeness (QED) is 0.791. The van der Waals surface area contributed by atoms with Crippen LogP contribution in [0.5, 0.6) is 11.5 Å². The van der Waals surface area contributed by atoms with Gasteiger partial charge in [-0.05, 0) is 50.4 Å². The molecule has 1 saturated heterocycles. The number of likely N-dealkylation sites (tertiary alicyclic amines) is 1. The molecular formula is C23H28N2O3. The maximum atomic E-state index is 13.2. The van der Waals surface area contributed by atoms with Crippen molar-refractivity contribution in [2.75, 3.05) is 32.2 Å². The molecule has 1 fully saturated rings. The minimum atomic E-state index is 0.178. The summed E-state index contributed by atoms with van der Waals surface area (Å²) >= 11 is 0. The second-order valence-corrected chi connectivity index (χ2v) is 7.68. The molecule has 1 amide bonds. The first-order valence-electron chi connectivity index (χ1n) is 9.98. The monoisotopic (exact) mass is 380 g/mol. The van der Waals surface area contributed by atoms with E-state index >= 15 is 0 Å². The van der Waals surface area contributed by atoms with Gasteiger partial charge in [0.1, 0.15) is 11.5 Å². The molecule has 0 bridgehead atoms.